The van der Waals surface area contributed by atoms with Gasteiger partial charge in [-0.3, -0.25) is 9.69 Å². The van der Waals surface area contributed by atoms with Crippen molar-refractivity contribution >= 4 is 5.91 Å². The van der Waals surface area contributed by atoms with Crippen molar-refractivity contribution in [3.63, 3.8) is 0 Å². The predicted molar refractivity (Wildman–Crippen MR) is 145 cm³/mol. The fourth-order valence-corrected chi connectivity index (χ4v) is 5.21. The number of aryl methyl sites for hydroxylation is 1. The molecule has 4 rings (SSSR count). The van der Waals surface area contributed by atoms with E-state index in [1.165, 1.54) is 11.1 Å². The largest absolute Gasteiger partial charge is 0.497 e. The molecule has 1 amide bonds. The normalized spacial score (nSPS) is 17.8. The van der Waals surface area contributed by atoms with Crippen LogP contribution in [0.15, 0.2) is 72.8 Å². The number of ether oxygens (including phenoxy) is 2. The number of benzene rings is 3. The van der Waals surface area contributed by atoms with E-state index in [1.54, 1.807) is 14.2 Å². The minimum atomic E-state index is 0.101. The summed E-state index contributed by atoms with van der Waals surface area (Å²) in [7, 11) is 3.37. The molecule has 190 valence electrons. The van der Waals surface area contributed by atoms with Gasteiger partial charge >= 0.3 is 0 Å². The highest BCUT2D eigenvalue weighted by Crippen LogP contribution is 2.35. The quantitative estimate of drug-likeness (QED) is 0.385. The van der Waals surface area contributed by atoms with Crippen molar-refractivity contribution in [1.29, 1.82) is 0 Å². The zero-order valence-corrected chi connectivity index (χ0v) is 22.1. The number of rotatable bonds is 9. The minimum Gasteiger partial charge on any atom is -0.497 e. The molecule has 0 N–H and O–H groups in total. The zero-order valence-electron chi connectivity index (χ0n) is 22.1. The number of carbonyl (C=O) groups excluding carboxylic acids is 1. The maximum absolute atomic E-state index is 13.5. The second-order valence-corrected chi connectivity index (χ2v) is 10.1. The van der Waals surface area contributed by atoms with Crippen LogP contribution in [-0.4, -0.2) is 55.6 Å². The molecule has 3 aromatic rings. The first-order valence-corrected chi connectivity index (χ1v) is 12.7. The molecule has 1 saturated heterocycles. The second kappa shape index (κ2) is 11.6. The molecule has 5 nitrogen and oxygen atoms in total. The van der Waals surface area contributed by atoms with E-state index in [-0.39, 0.29) is 11.9 Å². The molecule has 2 unspecified atom stereocenters. The highest BCUT2D eigenvalue weighted by molar-refractivity contribution is 5.94. The van der Waals surface area contributed by atoms with Gasteiger partial charge in [-0.1, -0.05) is 48.0 Å². The Kier molecular flexibility index (Phi) is 8.32. The maximum atomic E-state index is 13.5. The third-order valence-corrected chi connectivity index (χ3v) is 7.18. The number of amides is 1. The van der Waals surface area contributed by atoms with Crippen LogP contribution in [0.4, 0.5) is 0 Å². The van der Waals surface area contributed by atoms with E-state index in [4.69, 9.17) is 9.47 Å². The van der Waals surface area contributed by atoms with Gasteiger partial charge in [0.15, 0.2) is 0 Å². The van der Waals surface area contributed by atoms with E-state index < -0.39 is 0 Å². The Hall–Kier alpha value is -3.31. The molecule has 0 saturated carbocycles. The molecule has 0 aliphatic carbocycles. The van der Waals surface area contributed by atoms with Gasteiger partial charge in [0.1, 0.15) is 11.5 Å². The van der Waals surface area contributed by atoms with Crippen molar-refractivity contribution in [3.05, 3.63) is 95.1 Å². The van der Waals surface area contributed by atoms with E-state index in [9.17, 15) is 4.79 Å². The molecule has 36 heavy (non-hydrogen) atoms. The number of likely N-dealkylation sites (tertiary alicyclic amines) is 1. The monoisotopic (exact) mass is 486 g/mol. The van der Waals surface area contributed by atoms with E-state index in [1.807, 2.05) is 41.3 Å². The molecule has 2 atom stereocenters. The standard InChI is InChI=1S/C31H38N2O3/c1-22(2)33(31(34)26-9-7-6-8-10-26)20-27-19-32(21-30(27)25-13-11-23(3)12-14-25)18-24-15-28(35-4)17-29(16-24)36-5/h6-17,22,27,30H,18-21H2,1-5H3. The average Bonchev–Trinajstić information content (AvgIpc) is 3.29. The van der Waals surface area contributed by atoms with E-state index >= 15 is 0 Å². The second-order valence-electron chi connectivity index (χ2n) is 10.1. The van der Waals surface area contributed by atoms with Crippen molar-refractivity contribution in [2.45, 2.75) is 39.3 Å². The molecule has 0 radical (unpaired) electrons. The maximum Gasteiger partial charge on any atom is 0.254 e. The van der Waals surface area contributed by atoms with Gasteiger partial charge in [-0.05, 0) is 62.1 Å². The van der Waals surface area contributed by atoms with Crippen molar-refractivity contribution in [1.82, 2.24) is 9.80 Å². The number of hydrogen-bond acceptors (Lipinski definition) is 4. The summed E-state index contributed by atoms with van der Waals surface area (Å²) in [5.74, 6) is 2.38. The Balaban J connectivity index is 1.59. The Morgan fingerprint density at radius 2 is 1.58 bits per heavy atom. The Morgan fingerprint density at radius 1 is 0.944 bits per heavy atom. The first-order valence-electron chi connectivity index (χ1n) is 12.7. The van der Waals surface area contributed by atoms with Crippen LogP contribution in [0.25, 0.3) is 0 Å². The van der Waals surface area contributed by atoms with Gasteiger partial charge in [0, 0.05) is 49.8 Å². The lowest BCUT2D eigenvalue weighted by Gasteiger charge is -2.32. The topological polar surface area (TPSA) is 42.0 Å². The SMILES string of the molecule is COc1cc(CN2CC(CN(C(=O)c3ccccc3)C(C)C)C(c3ccc(C)cc3)C2)cc(OC)c1. The summed E-state index contributed by atoms with van der Waals surface area (Å²) in [6.45, 7) is 9.73. The number of carbonyl (C=O) groups is 1. The average molecular weight is 487 g/mol. The molecule has 1 aliphatic heterocycles. The van der Waals surface area contributed by atoms with Gasteiger partial charge in [0.2, 0.25) is 0 Å². The lowest BCUT2D eigenvalue weighted by atomic mass is 9.88. The molecule has 0 spiro atoms. The number of hydrogen-bond donors (Lipinski definition) is 0. The third-order valence-electron chi connectivity index (χ3n) is 7.18. The number of nitrogens with zero attached hydrogens (tertiary/aromatic N) is 2. The summed E-state index contributed by atoms with van der Waals surface area (Å²) in [6, 6.07) is 24.7. The van der Waals surface area contributed by atoms with Gasteiger partial charge < -0.3 is 14.4 Å². The predicted octanol–water partition coefficient (Wildman–Crippen LogP) is 5.78. The summed E-state index contributed by atoms with van der Waals surface area (Å²) in [4.78, 5) is 18.0. The fraction of sp³-hybridized carbons (Fsp3) is 0.387. The van der Waals surface area contributed by atoms with Gasteiger partial charge in [-0.25, -0.2) is 0 Å². The fourth-order valence-electron chi connectivity index (χ4n) is 5.21. The lowest BCUT2D eigenvalue weighted by Crippen LogP contribution is -2.42. The molecule has 0 bridgehead atoms. The van der Waals surface area contributed by atoms with E-state index in [2.05, 4.69) is 62.1 Å². The van der Waals surface area contributed by atoms with E-state index in [0.29, 0.717) is 11.8 Å². The molecular weight excluding hydrogens is 448 g/mol. The molecule has 1 heterocycles. The Bertz CT molecular complexity index is 1120. The zero-order chi connectivity index (χ0) is 25.7. The van der Waals surface area contributed by atoms with Crippen LogP contribution in [-0.2, 0) is 6.54 Å². The summed E-state index contributed by atoms with van der Waals surface area (Å²) in [5.41, 5.74) is 4.51. The van der Waals surface area contributed by atoms with Crippen LogP contribution >= 0.6 is 0 Å². The summed E-state index contributed by atoms with van der Waals surface area (Å²) < 4.78 is 11.0. The smallest absolute Gasteiger partial charge is 0.254 e. The number of methoxy groups -OCH3 is 2. The van der Waals surface area contributed by atoms with Crippen LogP contribution in [0, 0.1) is 12.8 Å². The van der Waals surface area contributed by atoms with Crippen LogP contribution in [0.2, 0.25) is 0 Å². The van der Waals surface area contributed by atoms with Gasteiger partial charge in [0.25, 0.3) is 5.91 Å². The molecule has 1 aliphatic rings. The van der Waals surface area contributed by atoms with Crippen LogP contribution in [0.5, 0.6) is 11.5 Å². The van der Waals surface area contributed by atoms with Gasteiger partial charge in [0.05, 0.1) is 14.2 Å². The van der Waals surface area contributed by atoms with Crippen molar-refractivity contribution in [3.8, 4) is 11.5 Å². The summed E-state index contributed by atoms with van der Waals surface area (Å²) in [6.07, 6.45) is 0. The first kappa shape index (κ1) is 25.8. The molecular formula is C31H38N2O3. The van der Waals surface area contributed by atoms with Crippen molar-refractivity contribution < 1.29 is 14.3 Å². The molecule has 3 aromatic carbocycles. The Morgan fingerprint density at radius 3 is 2.17 bits per heavy atom. The highest BCUT2D eigenvalue weighted by atomic mass is 16.5. The van der Waals surface area contributed by atoms with Crippen LogP contribution < -0.4 is 9.47 Å². The minimum absolute atomic E-state index is 0.101. The van der Waals surface area contributed by atoms with Gasteiger partial charge in [-0.15, -0.1) is 0 Å². The lowest BCUT2D eigenvalue weighted by molar-refractivity contribution is 0.0668. The highest BCUT2D eigenvalue weighted by Gasteiger charge is 2.36. The molecule has 0 aromatic heterocycles. The van der Waals surface area contributed by atoms with Crippen molar-refractivity contribution in [2.75, 3.05) is 33.9 Å². The first-order chi connectivity index (χ1) is 17.4. The molecule has 1 fully saturated rings. The molecule has 5 heteroatoms. The van der Waals surface area contributed by atoms with E-state index in [0.717, 1.165) is 48.8 Å². The van der Waals surface area contributed by atoms with Gasteiger partial charge in [-0.2, -0.15) is 0 Å². The summed E-state index contributed by atoms with van der Waals surface area (Å²) >= 11 is 0. The van der Waals surface area contributed by atoms with Crippen molar-refractivity contribution in [2.24, 2.45) is 5.92 Å². The Labute approximate surface area is 215 Å². The van der Waals surface area contributed by atoms with Crippen LogP contribution in [0.3, 0.4) is 0 Å². The van der Waals surface area contributed by atoms with Crippen LogP contribution in [0.1, 0.15) is 46.8 Å². The summed E-state index contributed by atoms with van der Waals surface area (Å²) in [5, 5.41) is 0. The third kappa shape index (κ3) is 6.08.